The van der Waals surface area contributed by atoms with E-state index in [0.29, 0.717) is 17.1 Å². The topological polar surface area (TPSA) is 96.4 Å². The Bertz CT molecular complexity index is 1000. The van der Waals surface area contributed by atoms with Crippen molar-refractivity contribution < 1.29 is 29.0 Å². The van der Waals surface area contributed by atoms with E-state index in [9.17, 15) is 19.5 Å². The molecule has 6 atom stereocenters. The minimum absolute atomic E-state index is 0.0621. The smallest absolute Gasteiger partial charge is 0.312 e. The summed E-state index contributed by atoms with van der Waals surface area (Å²) in [5.74, 6) is -3.01. The Morgan fingerprint density at radius 1 is 1.47 bits per heavy atom. The van der Waals surface area contributed by atoms with E-state index in [0.717, 1.165) is 5.56 Å². The van der Waals surface area contributed by atoms with Crippen LogP contribution in [0.5, 0.6) is 0 Å². The lowest BCUT2D eigenvalue weighted by molar-refractivity contribution is -0.154. The Labute approximate surface area is 211 Å². The molecule has 3 aliphatic heterocycles. The first kappa shape index (κ1) is 25.2. The highest BCUT2D eigenvalue weighted by Gasteiger charge is 2.77. The number of amides is 2. The molecule has 1 N–H and O–H groups in total. The number of rotatable bonds is 8. The summed E-state index contributed by atoms with van der Waals surface area (Å²) in [5.41, 5.74) is 0.0816. The van der Waals surface area contributed by atoms with Gasteiger partial charge in [-0.15, -0.1) is 6.58 Å². The van der Waals surface area contributed by atoms with Crippen LogP contribution in [0.25, 0.3) is 0 Å². The van der Waals surface area contributed by atoms with E-state index in [-0.39, 0.29) is 37.0 Å². The van der Waals surface area contributed by atoms with E-state index in [1.807, 2.05) is 13.0 Å². The van der Waals surface area contributed by atoms with Crippen molar-refractivity contribution in [2.75, 3.05) is 31.2 Å². The number of hydrogen-bond acceptors (Lipinski definition) is 6. The number of carbonyl (C=O) groups is 3. The lowest BCUT2D eigenvalue weighted by Gasteiger charge is -2.37. The van der Waals surface area contributed by atoms with Crippen molar-refractivity contribution in [2.24, 2.45) is 11.8 Å². The zero-order valence-electron chi connectivity index (χ0n) is 19.1. The predicted molar refractivity (Wildman–Crippen MR) is 130 cm³/mol. The number of halogens is 2. The first-order chi connectivity index (χ1) is 16.2. The molecule has 2 amide bonds. The second-order valence-electron chi connectivity index (χ2n) is 8.81. The van der Waals surface area contributed by atoms with Gasteiger partial charge in [-0.05, 0) is 31.9 Å². The van der Waals surface area contributed by atoms with Crippen LogP contribution in [0, 0.1) is 18.8 Å². The van der Waals surface area contributed by atoms with Crippen molar-refractivity contribution in [2.45, 2.75) is 42.8 Å². The Morgan fingerprint density at radius 3 is 2.82 bits per heavy atom. The number of β-amino-alcohol motifs (C(OH)–C–C–N with tert-alkyl or cyclic N) is 1. The molecule has 8 nitrogen and oxygen atoms in total. The van der Waals surface area contributed by atoms with Crippen LogP contribution >= 0.6 is 27.5 Å². The molecule has 3 heterocycles. The second-order valence-corrected chi connectivity index (χ2v) is 10.4. The number of nitrogens with zero attached hydrogens (tertiary/aromatic N) is 2. The molecule has 0 radical (unpaired) electrons. The molecule has 1 aromatic rings. The molecule has 2 bridgehead atoms. The maximum atomic E-state index is 14.2. The summed E-state index contributed by atoms with van der Waals surface area (Å²) in [6.45, 7) is 7.26. The van der Waals surface area contributed by atoms with Gasteiger partial charge >= 0.3 is 5.97 Å². The number of aryl methyl sites for hydroxylation is 1. The van der Waals surface area contributed by atoms with Gasteiger partial charge in [-0.3, -0.25) is 14.4 Å². The normalized spacial score (nSPS) is 31.5. The van der Waals surface area contributed by atoms with Crippen LogP contribution in [0.1, 0.15) is 18.9 Å². The summed E-state index contributed by atoms with van der Waals surface area (Å²) in [6, 6.07) is 4.30. The van der Waals surface area contributed by atoms with Gasteiger partial charge in [-0.2, -0.15) is 0 Å². The fourth-order valence-electron chi connectivity index (χ4n) is 5.80. The second kappa shape index (κ2) is 9.60. The van der Waals surface area contributed by atoms with Crippen LogP contribution < -0.4 is 4.90 Å². The molecule has 10 heteroatoms. The summed E-state index contributed by atoms with van der Waals surface area (Å²) < 4.78 is 11.7. The summed E-state index contributed by atoms with van der Waals surface area (Å²) in [6.07, 6.45) is 1.37. The van der Waals surface area contributed by atoms with E-state index >= 15 is 0 Å². The lowest BCUT2D eigenvalue weighted by atomic mass is 9.70. The number of aliphatic hydroxyl groups is 1. The fraction of sp³-hybridized carbons (Fsp3) is 0.542. The average molecular weight is 556 g/mol. The number of aliphatic hydroxyl groups excluding tert-OH is 1. The third-order valence-electron chi connectivity index (χ3n) is 6.96. The number of fused-ring (bicyclic) bond motifs is 1. The molecule has 34 heavy (non-hydrogen) atoms. The van der Waals surface area contributed by atoms with Crippen molar-refractivity contribution in [1.29, 1.82) is 0 Å². The van der Waals surface area contributed by atoms with Gasteiger partial charge in [-0.1, -0.05) is 45.7 Å². The third kappa shape index (κ3) is 3.68. The van der Waals surface area contributed by atoms with Gasteiger partial charge in [0, 0.05) is 17.9 Å². The number of hydrogen-bond donors (Lipinski definition) is 1. The Balaban J connectivity index is 1.82. The standard InChI is InChI=1S/C24H28BrClN2O6/c1-4-9-27(18-13(3)7-6-8-15(18)26)22(31)20-24-12-14(25)19(34-24)16(23(32)33-5-2)17(24)21(30)28(20)10-11-29/h4,6-8,14,16-17,19-20,29H,1,5,9-12H2,2-3H3/t14?,16-,17+,19-,20-,24+/m0/s1. The van der Waals surface area contributed by atoms with Gasteiger partial charge in [0.1, 0.15) is 11.6 Å². The predicted octanol–water partition coefficient (Wildman–Crippen LogP) is 2.47. The Kier molecular flexibility index (Phi) is 7.11. The number of likely N-dealkylation sites (tertiary alicyclic amines) is 1. The molecule has 1 spiro atoms. The van der Waals surface area contributed by atoms with Crippen LogP contribution in [0.4, 0.5) is 5.69 Å². The van der Waals surface area contributed by atoms with Gasteiger partial charge in [0.2, 0.25) is 5.91 Å². The Morgan fingerprint density at radius 2 is 2.21 bits per heavy atom. The molecule has 184 valence electrons. The molecular formula is C24H28BrClN2O6. The summed E-state index contributed by atoms with van der Waals surface area (Å²) in [7, 11) is 0. The highest BCUT2D eigenvalue weighted by atomic mass is 79.9. The van der Waals surface area contributed by atoms with Crippen molar-refractivity contribution in [3.05, 3.63) is 41.4 Å². The SMILES string of the molecule is C=CCN(C(=O)[C@@H]1N(CCO)C(=O)[C@H]2[C@H](C(=O)OCC)[C@H]3O[C@@]12CC3Br)c1c(C)cccc1Cl. The van der Waals surface area contributed by atoms with E-state index in [1.54, 1.807) is 25.1 Å². The molecule has 3 saturated heterocycles. The van der Waals surface area contributed by atoms with Gasteiger partial charge in [-0.25, -0.2) is 0 Å². The van der Waals surface area contributed by atoms with Gasteiger partial charge < -0.3 is 24.4 Å². The minimum atomic E-state index is -1.23. The monoisotopic (exact) mass is 554 g/mol. The molecule has 1 aromatic carbocycles. The number of benzene rings is 1. The van der Waals surface area contributed by atoms with Crippen LogP contribution in [0.2, 0.25) is 5.02 Å². The van der Waals surface area contributed by atoms with Crippen LogP contribution in [0.15, 0.2) is 30.9 Å². The van der Waals surface area contributed by atoms with Crippen molar-refractivity contribution in [3.8, 4) is 0 Å². The lowest BCUT2D eigenvalue weighted by Crippen LogP contribution is -2.57. The van der Waals surface area contributed by atoms with E-state index in [1.165, 1.54) is 9.80 Å². The molecule has 0 aliphatic carbocycles. The molecule has 3 aliphatic rings. The zero-order valence-corrected chi connectivity index (χ0v) is 21.4. The van der Waals surface area contributed by atoms with E-state index in [2.05, 4.69) is 22.5 Å². The van der Waals surface area contributed by atoms with E-state index < -0.39 is 41.5 Å². The fourth-order valence-corrected chi connectivity index (χ4v) is 7.06. The van der Waals surface area contributed by atoms with E-state index in [4.69, 9.17) is 21.1 Å². The molecule has 1 unspecified atom stereocenters. The maximum absolute atomic E-state index is 14.2. The zero-order chi connectivity index (χ0) is 24.8. The van der Waals surface area contributed by atoms with Crippen LogP contribution in [0.3, 0.4) is 0 Å². The number of esters is 1. The average Bonchev–Trinajstić information content (AvgIpc) is 3.37. The third-order valence-corrected chi connectivity index (χ3v) is 8.11. The quantitative estimate of drug-likeness (QED) is 0.301. The minimum Gasteiger partial charge on any atom is -0.466 e. The van der Waals surface area contributed by atoms with Crippen LogP contribution in [-0.4, -0.2) is 76.7 Å². The first-order valence-corrected chi connectivity index (χ1v) is 12.6. The number of para-hydroxylation sites is 1. The molecule has 0 saturated carbocycles. The molecule has 0 aromatic heterocycles. The number of anilines is 1. The van der Waals surface area contributed by atoms with Crippen molar-refractivity contribution >= 4 is 51.0 Å². The highest BCUT2D eigenvalue weighted by molar-refractivity contribution is 9.09. The van der Waals surface area contributed by atoms with Gasteiger partial charge in [0.15, 0.2) is 0 Å². The first-order valence-electron chi connectivity index (χ1n) is 11.3. The van der Waals surface area contributed by atoms with Gasteiger partial charge in [0.05, 0.1) is 41.9 Å². The maximum Gasteiger partial charge on any atom is 0.312 e. The summed E-state index contributed by atoms with van der Waals surface area (Å²) >= 11 is 10.1. The number of ether oxygens (including phenoxy) is 2. The summed E-state index contributed by atoms with van der Waals surface area (Å²) in [5, 5.41) is 10.1. The van der Waals surface area contributed by atoms with Crippen LogP contribution in [-0.2, 0) is 23.9 Å². The van der Waals surface area contributed by atoms with Crippen molar-refractivity contribution in [1.82, 2.24) is 4.90 Å². The summed E-state index contributed by atoms with van der Waals surface area (Å²) in [4.78, 5) is 43.4. The number of alkyl halides is 1. The number of carbonyl (C=O) groups excluding carboxylic acids is 3. The molecule has 4 rings (SSSR count). The largest absolute Gasteiger partial charge is 0.466 e. The molecular weight excluding hydrogens is 528 g/mol. The molecule has 3 fully saturated rings. The van der Waals surface area contributed by atoms with Crippen molar-refractivity contribution in [3.63, 3.8) is 0 Å². The Hall–Kier alpha value is -1.94. The van der Waals surface area contributed by atoms with Gasteiger partial charge in [0.25, 0.3) is 5.91 Å². The highest BCUT2D eigenvalue weighted by Crippen LogP contribution is 2.60.